The lowest BCUT2D eigenvalue weighted by atomic mass is 9.84. The average Bonchev–Trinajstić information content (AvgIpc) is 2.48. The number of aliphatic hydroxyl groups is 1. The highest BCUT2D eigenvalue weighted by atomic mass is 19.1. The molecule has 2 N–H and O–H groups in total. The van der Waals surface area contributed by atoms with Crippen LogP contribution in [0.15, 0.2) is 24.3 Å². The van der Waals surface area contributed by atoms with Crippen molar-refractivity contribution in [2.24, 2.45) is 5.41 Å². The Kier molecular flexibility index (Phi) is 5.42. The normalized spacial score (nSPS) is 18.7. The second-order valence-electron chi connectivity index (χ2n) is 7.39. The largest absolute Gasteiger partial charge is 0.385 e. The van der Waals surface area contributed by atoms with Crippen molar-refractivity contribution in [2.45, 2.75) is 39.2 Å². The Bertz CT molecular complexity index is 546. The number of likely N-dealkylation sites (tertiary alicyclic amines) is 1. The molecular weight excluding hydrogens is 295 g/mol. The molecule has 0 radical (unpaired) electrons. The monoisotopic (exact) mass is 322 g/mol. The van der Waals surface area contributed by atoms with E-state index in [0.29, 0.717) is 24.9 Å². The first-order chi connectivity index (χ1) is 10.7. The summed E-state index contributed by atoms with van der Waals surface area (Å²) < 4.78 is 13.3. The number of nitrogens with zero attached hydrogens (tertiary/aromatic N) is 1. The summed E-state index contributed by atoms with van der Waals surface area (Å²) in [6, 6.07) is 6.22. The van der Waals surface area contributed by atoms with Gasteiger partial charge < -0.3 is 15.3 Å². The van der Waals surface area contributed by atoms with Crippen molar-refractivity contribution >= 4 is 5.91 Å². The van der Waals surface area contributed by atoms with Crippen LogP contribution in [-0.4, -0.2) is 42.1 Å². The molecule has 23 heavy (non-hydrogen) atoms. The van der Waals surface area contributed by atoms with E-state index >= 15 is 0 Å². The highest BCUT2D eigenvalue weighted by Gasteiger charge is 2.34. The van der Waals surface area contributed by atoms with Crippen LogP contribution in [0.2, 0.25) is 0 Å². The van der Waals surface area contributed by atoms with Gasteiger partial charge in [0.05, 0.1) is 5.60 Å². The first-order valence-corrected chi connectivity index (χ1v) is 8.20. The predicted molar refractivity (Wildman–Crippen MR) is 88.4 cm³/mol. The molecular formula is C18H27FN2O2. The van der Waals surface area contributed by atoms with E-state index in [0.717, 1.165) is 19.6 Å². The maximum absolute atomic E-state index is 13.3. The van der Waals surface area contributed by atoms with Crippen molar-refractivity contribution in [1.82, 2.24) is 10.2 Å². The molecule has 128 valence electrons. The summed E-state index contributed by atoms with van der Waals surface area (Å²) in [5, 5.41) is 13.7. The van der Waals surface area contributed by atoms with Crippen LogP contribution in [-0.2, 0) is 10.4 Å². The Morgan fingerprint density at radius 2 is 2.00 bits per heavy atom. The van der Waals surface area contributed by atoms with Gasteiger partial charge in [0, 0.05) is 31.6 Å². The number of piperidine rings is 1. The van der Waals surface area contributed by atoms with Crippen LogP contribution < -0.4 is 5.32 Å². The molecule has 0 unspecified atom stereocenters. The van der Waals surface area contributed by atoms with Crippen molar-refractivity contribution in [2.75, 3.05) is 26.2 Å². The summed E-state index contributed by atoms with van der Waals surface area (Å²) in [6.07, 6.45) is 1.15. The van der Waals surface area contributed by atoms with Crippen LogP contribution in [0.3, 0.4) is 0 Å². The zero-order chi connectivity index (χ0) is 17.1. The van der Waals surface area contributed by atoms with E-state index in [-0.39, 0.29) is 17.1 Å². The van der Waals surface area contributed by atoms with Gasteiger partial charge in [0.15, 0.2) is 0 Å². The van der Waals surface area contributed by atoms with E-state index < -0.39 is 5.60 Å². The molecule has 0 aliphatic carbocycles. The highest BCUT2D eigenvalue weighted by molar-refractivity contribution is 5.81. The van der Waals surface area contributed by atoms with E-state index in [1.807, 2.05) is 20.8 Å². The Labute approximate surface area is 137 Å². The second-order valence-corrected chi connectivity index (χ2v) is 7.39. The highest BCUT2D eigenvalue weighted by Crippen LogP contribution is 2.32. The molecule has 0 bridgehead atoms. The van der Waals surface area contributed by atoms with Gasteiger partial charge in [0.1, 0.15) is 5.82 Å². The summed E-state index contributed by atoms with van der Waals surface area (Å²) in [6.45, 7) is 8.51. The summed E-state index contributed by atoms with van der Waals surface area (Å²) in [5.41, 5.74) is -0.675. The maximum atomic E-state index is 13.3. The SMILES string of the molecule is CC(C)(C)C(=O)NCCN1CCC(O)(c2cccc(F)c2)CC1. The lowest BCUT2D eigenvalue weighted by Crippen LogP contribution is -2.46. The van der Waals surface area contributed by atoms with Crippen LogP contribution in [0, 0.1) is 11.2 Å². The Morgan fingerprint density at radius 3 is 2.57 bits per heavy atom. The summed E-state index contributed by atoms with van der Waals surface area (Å²) in [5.74, 6) is -0.269. The zero-order valence-electron chi connectivity index (χ0n) is 14.2. The number of carbonyl (C=O) groups excluding carboxylic acids is 1. The zero-order valence-corrected chi connectivity index (χ0v) is 14.2. The number of hydrogen-bond donors (Lipinski definition) is 2. The first-order valence-electron chi connectivity index (χ1n) is 8.20. The van der Waals surface area contributed by atoms with Crippen molar-refractivity contribution in [3.8, 4) is 0 Å². The minimum atomic E-state index is -0.951. The first kappa shape index (κ1) is 17.9. The maximum Gasteiger partial charge on any atom is 0.225 e. The van der Waals surface area contributed by atoms with Gasteiger partial charge in [-0.1, -0.05) is 32.9 Å². The molecule has 1 heterocycles. The summed E-state index contributed by atoms with van der Waals surface area (Å²) >= 11 is 0. The number of rotatable bonds is 4. The molecule has 2 rings (SSSR count). The Morgan fingerprint density at radius 1 is 1.35 bits per heavy atom. The van der Waals surface area contributed by atoms with Crippen LogP contribution in [0.5, 0.6) is 0 Å². The number of amides is 1. The van der Waals surface area contributed by atoms with Crippen LogP contribution in [0.1, 0.15) is 39.2 Å². The lowest BCUT2D eigenvalue weighted by Gasteiger charge is -2.38. The van der Waals surface area contributed by atoms with Gasteiger partial charge in [-0.3, -0.25) is 4.79 Å². The van der Waals surface area contributed by atoms with Gasteiger partial charge in [-0.2, -0.15) is 0 Å². The second kappa shape index (κ2) is 6.97. The molecule has 1 aliphatic rings. The number of halogens is 1. The molecule has 1 amide bonds. The van der Waals surface area contributed by atoms with Gasteiger partial charge in [0.2, 0.25) is 5.91 Å². The predicted octanol–water partition coefficient (Wildman–Crippen LogP) is 2.27. The lowest BCUT2D eigenvalue weighted by molar-refractivity contribution is -0.128. The minimum absolute atomic E-state index is 0.0470. The van der Waals surface area contributed by atoms with Gasteiger partial charge in [-0.25, -0.2) is 4.39 Å². The minimum Gasteiger partial charge on any atom is -0.385 e. The van der Waals surface area contributed by atoms with Crippen molar-refractivity contribution < 1.29 is 14.3 Å². The molecule has 1 aromatic rings. The van der Waals surface area contributed by atoms with Crippen LogP contribution in [0.25, 0.3) is 0 Å². The van der Waals surface area contributed by atoms with E-state index in [1.54, 1.807) is 12.1 Å². The third-order valence-corrected chi connectivity index (χ3v) is 4.44. The molecule has 1 fully saturated rings. The van der Waals surface area contributed by atoms with Gasteiger partial charge in [-0.15, -0.1) is 0 Å². The fraction of sp³-hybridized carbons (Fsp3) is 0.611. The van der Waals surface area contributed by atoms with Crippen molar-refractivity contribution in [3.05, 3.63) is 35.6 Å². The third kappa shape index (κ3) is 4.75. The smallest absolute Gasteiger partial charge is 0.225 e. The molecule has 0 spiro atoms. The number of benzene rings is 1. The topological polar surface area (TPSA) is 52.6 Å². The fourth-order valence-corrected chi connectivity index (χ4v) is 2.81. The number of nitrogens with one attached hydrogen (secondary N) is 1. The van der Waals surface area contributed by atoms with Crippen LogP contribution in [0.4, 0.5) is 4.39 Å². The number of carbonyl (C=O) groups is 1. The van der Waals surface area contributed by atoms with E-state index in [4.69, 9.17) is 0 Å². The van der Waals surface area contributed by atoms with Crippen molar-refractivity contribution in [3.63, 3.8) is 0 Å². The Balaban J connectivity index is 1.81. The molecule has 0 saturated carbocycles. The van der Waals surface area contributed by atoms with E-state index in [2.05, 4.69) is 10.2 Å². The Hall–Kier alpha value is -1.46. The quantitative estimate of drug-likeness (QED) is 0.894. The molecule has 0 atom stereocenters. The van der Waals surface area contributed by atoms with E-state index in [9.17, 15) is 14.3 Å². The van der Waals surface area contributed by atoms with E-state index in [1.165, 1.54) is 12.1 Å². The third-order valence-electron chi connectivity index (χ3n) is 4.44. The molecule has 1 aromatic carbocycles. The molecule has 5 heteroatoms. The molecule has 4 nitrogen and oxygen atoms in total. The van der Waals surface area contributed by atoms with Gasteiger partial charge in [0.25, 0.3) is 0 Å². The van der Waals surface area contributed by atoms with Crippen molar-refractivity contribution in [1.29, 1.82) is 0 Å². The van der Waals surface area contributed by atoms with Crippen LogP contribution >= 0.6 is 0 Å². The molecule has 1 saturated heterocycles. The van der Waals surface area contributed by atoms with Gasteiger partial charge in [-0.05, 0) is 30.5 Å². The number of hydrogen-bond acceptors (Lipinski definition) is 3. The summed E-state index contributed by atoms with van der Waals surface area (Å²) in [4.78, 5) is 14.0. The fourth-order valence-electron chi connectivity index (χ4n) is 2.81. The van der Waals surface area contributed by atoms with Gasteiger partial charge >= 0.3 is 0 Å². The summed E-state index contributed by atoms with van der Waals surface area (Å²) in [7, 11) is 0. The average molecular weight is 322 g/mol. The standard InChI is InChI=1S/C18H27FN2O2/c1-17(2,3)16(22)20-9-12-21-10-7-18(23,8-11-21)14-5-4-6-15(19)13-14/h4-6,13,23H,7-12H2,1-3H3,(H,20,22). The molecule has 1 aliphatic heterocycles. The molecule has 0 aromatic heterocycles.